The number of amides is 1. The van der Waals surface area contributed by atoms with Gasteiger partial charge < -0.3 is 5.73 Å². The molecule has 0 fully saturated rings. The Morgan fingerprint density at radius 3 is 2.79 bits per heavy atom. The van der Waals surface area contributed by atoms with Crippen molar-refractivity contribution in [2.24, 2.45) is 5.73 Å². The molecule has 1 rings (SSSR count). The minimum absolute atomic E-state index is 0.0961. The van der Waals surface area contributed by atoms with Crippen molar-refractivity contribution in [1.82, 2.24) is 0 Å². The van der Waals surface area contributed by atoms with Crippen molar-refractivity contribution >= 4 is 12.2 Å². The predicted octanol–water partition coefficient (Wildman–Crippen LogP) is 0.475. The van der Waals surface area contributed by atoms with Crippen LogP contribution in [0.3, 0.4) is 0 Å². The van der Waals surface area contributed by atoms with Crippen LogP contribution in [0, 0.1) is 17.7 Å². The Morgan fingerprint density at radius 2 is 2.21 bits per heavy atom. The van der Waals surface area contributed by atoms with Crippen molar-refractivity contribution in [3.05, 3.63) is 35.1 Å². The van der Waals surface area contributed by atoms with Gasteiger partial charge in [0.2, 0.25) is 0 Å². The molecular formula is C10H6FNO2. The second-order valence-electron chi connectivity index (χ2n) is 2.46. The first-order valence-electron chi connectivity index (χ1n) is 3.69. The summed E-state index contributed by atoms with van der Waals surface area (Å²) in [5.41, 5.74) is 5.16. The standard InChI is InChI=1S/C10H6FNO2/c11-9-3-1-7(2-4-10(12)14)8(5-9)6-13/h1,3,5-6H,(H2,12,14). The van der Waals surface area contributed by atoms with Crippen molar-refractivity contribution in [1.29, 1.82) is 0 Å². The molecule has 0 heterocycles. The van der Waals surface area contributed by atoms with E-state index in [1.165, 1.54) is 6.07 Å². The number of hydrogen-bond acceptors (Lipinski definition) is 2. The molecule has 0 unspecified atom stereocenters. The van der Waals surface area contributed by atoms with E-state index in [9.17, 15) is 14.0 Å². The van der Waals surface area contributed by atoms with E-state index in [4.69, 9.17) is 5.73 Å². The van der Waals surface area contributed by atoms with Gasteiger partial charge in [0.1, 0.15) is 5.82 Å². The highest BCUT2D eigenvalue weighted by Crippen LogP contribution is 2.07. The topological polar surface area (TPSA) is 60.2 Å². The molecule has 0 spiro atoms. The predicted molar refractivity (Wildman–Crippen MR) is 47.9 cm³/mol. The molecule has 0 atom stereocenters. The van der Waals surface area contributed by atoms with E-state index < -0.39 is 11.7 Å². The Kier molecular flexibility index (Phi) is 2.97. The quantitative estimate of drug-likeness (QED) is 0.518. The fraction of sp³-hybridized carbons (Fsp3) is 0. The summed E-state index contributed by atoms with van der Waals surface area (Å²) in [7, 11) is 0. The highest BCUT2D eigenvalue weighted by atomic mass is 19.1. The monoisotopic (exact) mass is 191 g/mol. The lowest BCUT2D eigenvalue weighted by atomic mass is 10.1. The second-order valence-corrected chi connectivity index (χ2v) is 2.46. The molecule has 1 aromatic rings. The summed E-state index contributed by atoms with van der Waals surface area (Å²) in [4.78, 5) is 20.8. The van der Waals surface area contributed by atoms with Crippen LogP contribution in [0.2, 0.25) is 0 Å². The number of primary amides is 1. The molecule has 0 aliphatic rings. The Hall–Kier alpha value is -2.15. The summed E-state index contributed by atoms with van der Waals surface area (Å²) >= 11 is 0. The van der Waals surface area contributed by atoms with E-state index in [0.29, 0.717) is 6.29 Å². The van der Waals surface area contributed by atoms with Crippen LogP contribution in [-0.2, 0) is 4.79 Å². The molecule has 14 heavy (non-hydrogen) atoms. The Bertz CT molecular complexity index is 443. The summed E-state index contributed by atoms with van der Waals surface area (Å²) in [6.07, 6.45) is 0.466. The van der Waals surface area contributed by atoms with E-state index >= 15 is 0 Å². The molecule has 0 bridgehead atoms. The summed E-state index contributed by atoms with van der Waals surface area (Å²) in [6, 6.07) is 3.50. The van der Waals surface area contributed by atoms with Crippen molar-refractivity contribution in [2.45, 2.75) is 0 Å². The van der Waals surface area contributed by atoms with E-state index in [2.05, 4.69) is 11.8 Å². The highest BCUT2D eigenvalue weighted by molar-refractivity contribution is 5.93. The molecular weight excluding hydrogens is 185 g/mol. The first-order valence-corrected chi connectivity index (χ1v) is 3.69. The van der Waals surface area contributed by atoms with Gasteiger partial charge in [-0.05, 0) is 18.2 Å². The minimum atomic E-state index is -0.800. The number of carbonyl (C=O) groups is 2. The van der Waals surface area contributed by atoms with Crippen LogP contribution in [0.15, 0.2) is 18.2 Å². The molecule has 2 N–H and O–H groups in total. The van der Waals surface area contributed by atoms with Crippen LogP contribution in [0.4, 0.5) is 4.39 Å². The van der Waals surface area contributed by atoms with Crippen molar-refractivity contribution in [2.75, 3.05) is 0 Å². The van der Waals surface area contributed by atoms with Crippen molar-refractivity contribution in [3.8, 4) is 11.8 Å². The molecule has 3 nitrogen and oxygen atoms in total. The maximum atomic E-state index is 12.6. The number of carbonyl (C=O) groups excluding carboxylic acids is 2. The fourth-order valence-electron chi connectivity index (χ4n) is 0.874. The summed E-state index contributed by atoms with van der Waals surface area (Å²) in [5.74, 6) is 3.10. The summed E-state index contributed by atoms with van der Waals surface area (Å²) < 4.78 is 12.6. The zero-order valence-corrected chi connectivity index (χ0v) is 7.08. The average Bonchev–Trinajstić information content (AvgIpc) is 2.15. The van der Waals surface area contributed by atoms with Gasteiger partial charge in [0, 0.05) is 17.0 Å². The molecule has 1 aromatic carbocycles. The van der Waals surface area contributed by atoms with Crippen LogP contribution in [0.5, 0.6) is 0 Å². The second kappa shape index (κ2) is 4.19. The molecule has 0 aliphatic carbocycles. The molecule has 0 aromatic heterocycles. The van der Waals surface area contributed by atoms with Crippen LogP contribution < -0.4 is 5.73 Å². The summed E-state index contributed by atoms with van der Waals surface area (Å²) in [5, 5.41) is 0. The fourth-order valence-corrected chi connectivity index (χ4v) is 0.874. The van der Waals surface area contributed by atoms with E-state index in [-0.39, 0.29) is 11.1 Å². The number of halogens is 1. The number of benzene rings is 1. The zero-order valence-electron chi connectivity index (χ0n) is 7.08. The Morgan fingerprint density at radius 1 is 1.50 bits per heavy atom. The van der Waals surface area contributed by atoms with Gasteiger partial charge >= 0.3 is 0 Å². The first kappa shape index (κ1) is 9.93. The lowest BCUT2D eigenvalue weighted by Crippen LogP contribution is -2.06. The Balaban J connectivity index is 3.17. The van der Waals surface area contributed by atoms with Gasteiger partial charge in [-0.3, -0.25) is 9.59 Å². The van der Waals surface area contributed by atoms with Gasteiger partial charge in [-0.1, -0.05) is 5.92 Å². The molecule has 4 heteroatoms. The average molecular weight is 191 g/mol. The van der Waals surface area contributed by atoms with Crippen molar-refractivity contribution < 1.29 is 14.0 Å². The smallest absolute Gasteiger partial charge is 0.293 e. The van der Waals surface area contributed by atoms with Gasteiger partial charge in [-0.25, -0.2) is 4.39 Å². The molecule has 0 aliphatic heterocycles. The van der Waals surface area contributed by atoms with Gasteiger partial charge in [0.05, 0.1) is 0 Å². The third-order valence-corrected chi connectivity index (χ3v) is 1.46. The van der Waals surface area contributed by atoms with Crippen molar-refractivity contribution in [3.63, 3.8) is 0 Å². The van der Waals surface area contributed by atoms with E-state index in [1.54, 1.807) is 0 Å². The minimum Gasteiger partial charge on any atom is -0.359 e. The number of nitrogens with two attached hydrogens (primary N) is 1. The first-order chi connectivity index (χ1) is 6.63. The van der Waals surface area contributed by atoms with E-state index in [0.717, 1.165) is 12.1 Å². The number of hydrogen-bond donors (Lipinski definition) is 1. The SMILES string of the molecule is NC(=O)C#Cc1ccc(F)cc1C=O. The third-order valence-electron chi connectivity index (χ3n) is 1.46. The number of aldehydes is 1. The third kappa shape index (κ3) is 2.42. The number of rotatable bonds is 1. The lowest BCUT2D eigenvalue weighted by Gasteiger charge is -1.95. The van der Waals surface area contributed by atoms with Crippen LogP contribution in [-0.4, -0.2) is 12.2 Å². The highest BCUT2D eigenvalue weighted by Gasteiger charge is 2.00. The van der Waals surface area contributed by atoms with Gasteiger partial charge in [0.15, 0.2) is 6.29 Å². The maximum Gasteiger partial charge on any atom is 0.293 e. The van der Waals surface area contributed by atoms with Gasteiger partial charge in [-0.15, -0.1) is 0 Å². The van der Waals surface area contributed by atoms with Crippen LogP contribution >= 0.6 is 0 Å². The normalized spacial score (nSPS) is 8.64. The maximum absolute atomic E-state index is 12.6. The van der Waals surface area contributed by atoms with Gasteiger partial charge in [-0.2, -0.15) is 0 Å². The van der Waals surface area contributed by atoms with Crippen LogP contribution in [0.1, 0.15) is 15.9 Å². The molecule has 0 saturated heterocycles. The van der Waals surface area contributed by atoms with E-state index in [1.807, 2.05) is 0 Å². The largest absolute Gasteiger partial charge is 0.359 e. The zero-order chi connectivity index (χ0) is 10.6. The van der Waals surface area contributed by atoms with Gasteiger partial charge in [0.25, 0.3) is 5.91 Å². The Labute approximate surface area is 79.7 Å². The molecule has 0 radical (unpaired) electrons. The molecule has 1 amide bonds. The summed E-state index contributed by atoms with van der Waals surface area (Å²) in [6.45, 7) is 0. The van der Waals surface area contributed by atoms with Crippen LogP contribution in [0.25, 0.3) is 0 Å². The lowest BCUT2D eigenvalue weighted by molar-refractivity contribution is -0.112. The molecule has 70 valence electrons. The molecule has 0 saturated carbocycles.